The van der Waals surface area contributed by atoms with Crippen molar-refractivity contribution in [1.29, 1.82) is 0 Å². The maximum atomic E-state index is 12.3. The Balaban J connectivity index is 1.72. The Hall–Kier alpha value is -2.55. The molecule has 8 nitrogen and oxygen atoms in total. The zero-order valence-electron chi connectivity index (χ0n) is 13.2. The Morgan fingerprint density at radius 3 is 2.92 bits per heavy atom. The SMILES string of the molecule is COc1ccccc1-c1nnc(S[C@H](C)C(=O)N2CCNC2=O)o1. The van der Waals surface area contributed by atoms with Crippen molar-refractivity contribution in [3.05, 3.63) is 24.3 Å². The molecule has 1 N–H and O–H groups in total. The highest BCUT2D eigenvalue weighted by Crippen LogP contribution is 2.31. The summed E-state index contributed by atoms with van der Waals surface area (Å²) in [5.41, 5.74) is 0.678. The fraction of sp³-hybridized carbons (Fsp3) is 0.333. The molecule has 1 aromatic carbocycles. The van der Waals surface area contributed by atoms with E-state index in [0.717, 1.165) is 11.8 Å². The molecule has 1 aliphatic heterocycles. The number of rotatable bonds is 5. The lowest BCUT2D eigenvalue weighted by atomic mass is 10.2. The van der Waals surface area contributed by atoms with Crippen molar-refractivity contribution in [2.45, 2.75) is 17.4 Å². The molecule has 0 unspecified atom stereocenters. The first-order chi connectivity index (χ1) is 11.6. The van der Waals surface area contributed by atoms with Gasteiger partial charge in [-0.1, -0.05) is 23.9 Å². The number of methoxy groups -OCH3 is 1. The van der Waals surface area contributed by atoms with E-state index in [-0.39, 0.29) is 17.2 Å². The van der Waals surface area contributed by atoms with Crippen LogP contribution < -0.4 is 10.1 Å². The number of hydrogen-bond donors (Lipinski definition) is 1. The number of urea groups is 1. The zero-order valence-corrected chi connectivity index (χ0v) is 14.0. The molecule has 1 fully saturated rings. The van der Waals surface area contributed by atoms with Gasteiger partial charge >= 0.3 is 6.03 Å². The maximum absolute atomic E-state index is 12.3. The van der Waals surface area contributed by atoms with Crippen LogP contribution in [0.1, 0.15) is 6.92 Å². The number of ether oxygens (including phenoxy) is 1. The van der Waals surface area contributed by atoms with Crippen molar-refractivity contribution in [1.82, 2.24) is 20.4 Å². The van der Waals surface area contributed by atoms with Crippen LogP contribution in [0, 0.1) is 0 Å². The molecule has 1 aromatic heterocycles. The molecule has 1 aliphatic rings. The van der Waals surface area contributed by atoms with Gasteiger partial charge in [0.05, 0.1) is 17.9 Å². The lowest BCUT2D eigenvalue weighted by molar-refractivity contribution is -0.126. The van der Waals surface area contributed by atoms with Crippen LogP contribution in [0.2, 0.25) is 0 Å². The van der Waals surface area contributed by atoms with Crippen molar-refractivity contribution in [2.75, 3.05) is 20.2 Å². The minimum Gasteiger partial charge on any atom is -0.496 e. The standard InChI is InChI=1S/C15H16N4O4S/c1-9(13(20)19-8-7-16-14(19)21)24-15-18-17-12(23-15)10-5-3-4-6-11(10)22-2/h3-6,9H,7-8H2,1-2H3,(H,16,21)/t9-/m1/s1. The van der Waals surface area contributed by atoms with E-state index in [1.807, 2.05) is 18.2 Å². The summed E-state index contributed by atoms with van der Waals surface area (Å²) in [6, 6.07) is 6.92. The van der Waals surface area contributed by atoms with Gasteiger partial charge in [-0.25, -0.2) is 4.79 Å². The Kier molecular flexibility index (Phi) is 4.70. The number of hydrogen-bond acceptors (Lipinski definition) is 7. The first-order valence-electron chi connectivity index (χ1n) is 7.33. The highest BCUT2D eigenvalue weighted by atomic mass is 32.2. The molecule has 2 heterocycles. The molecule has 3 amide bonds. The van der Waals surface area contributed by atoms with E-state index in [1.165, 1.54) is 4.90 Å². The Morgan fingerprint density at radius 2 is 2.21 bits per heavy atom. The van der Waals surface area contributed by atoms with E-state index in [2.05, 4.69) is 15.5 Å². The van der Waals surface area contributed by atoms with Gasteiger partial charge in [0, 0.05) is 13.1 Å². The summed E-state index contributed by atoms with van der Waals surface area (Å²) in [4.78, 5) is 25.0. The van der Waals surface area contributed by atoms with E-state index >= 15 is 0 Å². The molecular formula is C15H16N4O4S. The molecule has 0 saturated carbocycles. The quantitative estimate of drug-likeness (QED) is 0.822. The van der Waals surface area contributed by atoms with E-state index in [9.17, 15) is 9.59 Å². The summed E-state index contributed by atoms with van der Waals surface area (Å²) >= 11 is 1.12. The van der Waals surface area contributed by atoms with Gasteiger partial charge in [0.1, 0.15) is 5.75 Å². The molecule has 0 aliphatic carbocycles. The normalized spacial score (nSPS) is 15.2. The minimum atomic E-state index is -0.514. The van der Waals surface area contributed by atoms with E-state index in [1.54, 1.807) is 20.1 Å². The largest absolute Gasteiger partial charge is 0.496 e. The predicted molar refractivity (Wildman–Crippen MR) is 86.7 cm³/mol. The van der Waals surface area contributed by atoms with Gasteiger partial charge in [-0.3, -0.25) is 9.69 Å². The smallest absolute Gasteiger partial charge is 0.324 e. The number of amides is 3. The third-order valence-corrected chi connectivity index (χ3v) is 4.41. The van der Waals surface area contributed by atoms with Gasteiger partial charge in [-0.05, 0) is 19.1 Å². The summed E-state index contributed by atoms with van der Waals surface area (Å²) in [5, 5.41) is 10.3. The number of imide groups is 1. The molecule has 0 radical (unpaired) electrons. The number of nitrogens with one attached hydrogen (secondary N) is 1. The molecule has 9 heteroatoms. The maximum Gasteiger partial charge on any atom is 0.324 e. The van der Waals surface area contributed by atoms with Gasteiger partial charge < -0.3 is 14.5 Å². The van der Waals surface area contributed by atoms with Crippen LogP contribution in [0.15, 0.2) is 33.9 Å². The zero-order chi connectivity index (χ0) is 17.1. The number of carbonyl (C=O) groups excluding carboxylic acids is 2. The molecule has 24 heavy (non-hydrogen) atoms. The molecule has 2 aromatic rings. The second kappa shape index (κ2) is 6.91. The molecule has 3 rings (SSSR count). The van der Waals surface area contributed by atoms with Crippen LogP contribution in [0.25, 0.3) is 11.5 Å². The van der Waals surface area contributed by atoms with Crippen LogP contribution in [-0.4, -0.2) is 52.5 Å². The van der Waals surface area contributed by atoms with Gasteiger partial charge in [0.15, 0.2) is 0 Å². The van der Waals surface area contributed by atoms with E-state index in [0.29, 0.717) is 30.3 Å². The molecular weight excluding hydrogens is 332 g/mol. The summed E-state index contributed by atoms with van der Waals surface area (Å²) in [6.07, 6.45) is 0. The van der Waals surface area contributed by atoms with Crippen LogP contribution in [0.3, 0.4) is 0 Å². The van der Waals surface area contributed by atoms with Crippen LogP contribution >= 0.6 is 11.8 Å². The van der Waals surface area contributed by atoms with Gasteiger partial charge in [0.2, 0.25) is 5.91 Å². The predicted octanol–water partition coefficient (Wildman–Crippen LogP) is 1.78. The average Bonchev–Trinajstić information content (AvgIpc) is 3.23. The Morgan fingerprint density at radius 1 is 1.42 bits per heavy atom. The van der Waals surface area contributed by atoms with Gasteiger partial charge in [0.25, 0.3) is 11.1 Å². The Labute approximate surface area is 142 Å². The lowest BCUT2D eigenvalue weighted by Gasteiger charge is -2.15. The van der Waals surface area contributed by atoms with E-state index in [4.69, 9.17) is 9.15 Å². The fourth-order valence-electron chi connectivity index (χ4n) is 2.29. The number of nitrogens with zero attached hydrogens (tertiary/aromatic N) is 3. The number of thioether (sulfide) groups is 1. The van der Waals surface area contributed by atoms with Crippen molar-refractivity contribution in [2.24, 2.45) is 0 Å². The third kappa shape index (κ3) is 3.21. The van der Waals surface area contributed by atoms with Crippen molar-refractivity contribution >= 4 is 23.7 Å². The van der Waals surface area contributed by atoms with Gasteiger partial charge in [-0.15, -0.1) is 10.2 Å². The fourth-order valence-corrected chi connectivity index (χ4v) is 3.04. The molecule has 1 atom stereocenters. The summed E-state index contributed by atoms with van der Waals surface area (Å²) in [6.45, 7) is 2.55. The van der Waals surface area contributed by atoms with Crippen molar-refractivity contribution < 1.29 is 18.7 Å². The number of para-hydroxylation sites is 1. The van der Waals surface area contributed by atoms with Gasteiger partial charge in [-0.2, -0.15) is 0 Å². The van der Waals surface area contributed by atoms with Crippen LogP contribution in [0.4, 0.5) is 4.79 Å². The number of aromatic nitrogens is 2. The van der Waals surface area contributed by atoms with Crippen molar-refractivity contribution in [3.63, 3.8) is 0 Å². The third-order valence-electron chi connectivity index (χ3n) is 3.49. The van der Waals surface area contributed by atoms with Crippen molar-refractivity contribution in [3.8, 4) is 17.2 Å². The highest BCUT2D eigenvalue weighted by molar-refractivity contribution is 8.00. The first kappa shape index (κ1) is 16.3. The lowest BCUT2D eigenvalue weighted by Crippen LogP contribution is -2.38. The number of carbonyl (C=O) groups is 2. The highest BCUT2D eigenvalue weighted by Gasteiger charge is 2.31. The Bertz CT molecular complexity index is 763. The molecule has 1 saturated heterocycles. The van der Waals surface area contributed by atoms with Crippen LogP contribution in [-0.2, 0) is 4.79 Å². The number of benzene rings is 1. The second-order valence-electron chi connectivity index (χ2n) is 5.06. The van der Waals surface area contributed by atoms with Crippen LogP contribution in [0.5, 0.6) is 5.75 Å². The van der Waals surface area contributed by atoms with E-state index < -0.39 is 5.25 Å². The topological polar surface area (TPSA) is 97.6 Å². The molecule has 0 spiro atoms. The molecule has 126 valence electrons. The second-order valence-corrected chi connectivity index (χ2v) is 6.35. The monoisotopic (exact) mass is 348 g/mol. The average molecular weight is 348 g/mol. The summed E-state index contributed by atoms with van der Waals surface area (Å²) < 4.78 is 10.9. The summed E-state index contributed by atoms with van der Waals surface area (Å²) in [5.74, 6) is 0.649. The minimum absolute atomic E-state index is 0.261. The summed E-state index contributed by atoms with van der Waals surface area (Å²) in [7, 11) is 1.56. The molecule has 0 bridgehead atoms. The first-order valence-corrected chi connectivity index (χ1v) is 8.21.